The van der Waals surface area contributed by atoms with Crippen LogP contribution in [0.2, 0.25) is 0 Å². The number of anilines is 1. The van der Waals surface area contributed by atoms with Gasteiger partial charge < -0.3 is 10.8 Å². The molecule has 0 radical (unpaired) electrons. The number of benzene rings is 1. The Morgan fingerprint density at radius 1 is 1.41 bits per heavy atom. The van der Waals surface area contributed by atoms with Gasteiger partial charge >= 0.3 is 5.97 Å². The monoisotopic (exact) mass is 333 g/mol. The zero-order valence-corrected chi connectivity index (χ0v) is 13.4. The Morgan fingerprint density at radius 3 is 2.82 bits per heavy atom. The summed E-state index contributed by atoms with van der Waals surface area (Å²) in [6, 6.07) is 9.09. The predicted molar refractivity (Wildman–Crippen MR) is 90.4 cm³/mol. The number of hydrazine groups is 1. The fraction of sp³-hybridized carbons (Fsp3) is 0.133. The molecule has 1 aromatic heterocycles. The molecule has 1 aromatic carbocycles. The molecule has 0 bridgehead atoms. The van der Waals surface area contributed by atoms with E-state index in [1.807, 2.05) is 24.5 Å². The lowest BCUT2D eigenvalue weighted by atomic mass is 9.95. The maximum absolute atomic E-state index is 11.5. The van der Waals surface area contributed by atoms with Crippen molar-refractivity contribution in [1.29, 1.82) is 0 Å². The highest BCUT2D eigenvalue weighted by Crippen LogP contribution is 2.43. The highest BCUT2D eigenvalue weighted by Gasteiger charge is 2.32. The number of nitrogen functional groups attached to an aromatic ring is 1. The Morgan fingerprint density at radius 2 is 2.18 bits per heavy atom. The van der Waals surface area contributed by atoms with Crippen molar-refractivity contribution in [3.05, 3.63) is 52.0 Å². The summed E-state index contributed by atoms with van der Waals surface area (Å²) < 4.78 is 1.12. The van der Waals surface area contributed by atoms with Gasteiger partial charge in [0, 0.05) is 10.6 Å². The fourth-order valence-corrected chi connectivity index (χ4v) is 4.26. The molecule has 7 heteroatoms. The molecule has 0 spiro atoms. The quantitative estimate of drug-likeness (QED) is 0.454. The van der Waals surface area contributed by atoms with Crippen LogP contribution < -0.4 is 11.6 Å². The summed E-state index contributed by atoms with van der Waals surface area (Å²) in [5.74, 6) is 5.07. The Kier molecular flexibility index (Phi) is 3.86. The number of carbonyl (C=O) groups is 1. The molecule has 22 heavy (non-hydrogen) atoms. The molecule has 0 fully saturated rings. The minimum absolute atomic E-state index is 0.0782. The second-order valence-corrected chi connectivity index (χ2v) is 7.09. The highest BCUT2D eigenvalue weighted by molar-refractivity contribution is 8.00. The largest absolute Gasteiger partial charge is 0.477 e. The van der Waals surface area contributed by atoms with E-state index >= 15 is 0 Å². The predicted octanol–water partition coefficient (Wildman–Crippen LogP) is 2.76. The van der Waals surface area contributed by atoms with Gasteiger partial charge in [-0.2, -0.15) is 0 Å². The second kappa shape index (κ2) is 5.68. The summed E-state index contributed by atoms with van der Waals surface area (Å²) in [4.78, 5) is 12.4. The summed E-state index contributed by atoms with van der Waals surface area (Å²) in [7, 11) is 0. The van der Waals surface area contributed by atoms with Crippen LogP contribution in [0.15, 0.2) is 40.2 Å². The van der Waals surface area contributed by atoms with E-state index in [2.05, 4.69) is 6.07 Å². The molecular weight excluding hydrogens is 318 g/mol. The molecule has 0 amide bonds. The van der Waals surface area contributed by atoms with Crippen LogP contribution in [0.1, 0.15) is 22.0 Å². The van der Waals surface area contributed by atoms with Crippen LogP contribution in [0, 0.1) is 0 Å². The first-order chi connectivity index (χ1) is 10.5. The molecule has 2 aromatic rings. The van der Waals surface area contributed by atoms with E-state index in [0.717, 1.165) is 20.2 Å². The average molecular weight is 333 g/mol. The van der Waals surface area contributed by atoms with Crippen molar-refractivity contribution in [2.75, 3.05) is 12.0 Å². The highest BCUT2D eigenvalue weighted by atomic mass is 32.2. The van der Waals surface area contributed by atoms with Gasteiger partial charge in [-0.3, -0.25) is 5.01 Å². The van der Waals surface area contributed by atoms with Gasteiger partial charge in [0.25, 0.3) is 0 Å². The SMILES string of the molecule is CSc1cc2c(s1)C=C(C(=O)O)N(N)C2c1cccc(N)c1. The maximum Gasteiger partial charge on any atom is 0.353 e. The molecule has 5 N–H and O–H groups in total. The summed E-state index contributed by atoms with van der Waals surface area (Å²) in [6.07, 6.45) is 3.62. The molecule has 2 heterocycles. The fourth-order valence-electron chi connectivity index (χ4n) is 2.55. The summed E-state index contributed by atoms with van der Waals surface area (Å²) in [5.41, 5.74) is 8.45. The Hall–Kier alpha value is -1.96. The minimum atomic E-state index is -1.04. The number of nitrogens with zero attached hydrogens (tertiary/aromatic N) is 1. The van der Waals surface area contributed by atoms with E-state index in [1.165, 1.54) is 5.01 Å². The summed E-state index contributed by atoms with van der Waals surface area (Å²) >= 11 is 3.20. The number of rotatable bonds is 3. The molecule has 3 rings (SSSR count). The number of thioether (sulfide) groups is 1. The van der Waals surface area contributed by atoms with E-state index in [0.29, 0.717) is 5.69 Å². The number of hydrogen-bond donors (Lipinski definition) is 3. The third-order valence-electron chi connectivity index (χ3n) is 3.53. The van der Waals surface area contributed by atoms with E-state index in [4.69, 9.17) is 11.6 Å². The van der Waals surface area contributed by atoms with Crippen LogP contribution in [0.25, 0.3) is 6.08 Å². The molecule has 5 nitrogen and oxygen atoms in total. The lowest BCUT2D eigenvalue weighted by Crippen LogP contribution is -2.39. The van der Waals surface area contributed by atoms with E-state index < -0.39 is 5.97 Å². The van der Waals surface area contributed by atoms with Gasteiger partial charge in [-0.05, 0) is 41.7 Å². The van der Waals surface area contributed by atoms with Crippen LogP contribution in [0.3, 0.4) is 0 Å². The van der Waals surface area contributed by atoms with Crippen LogP contribution in [-0.4, -0.2) is 22.3 Å². The molecule has 1 aliphatic rings. The van der Waals surface area contributed by atoms with Gasteiger partial charge in [0.15, 0.2) is 0 Å². The van der Waals surface area contributed by atoms with Crippen LogP contribution in [0.5, 0.6) is 0 Å². The minimum Gasteiger partial charge on any atom is -0.477 e. The number of thiophene rings is 1. The third-order valence-corrected chi connectivity index (χ3v) is 5.70. The first kappa shape index (κ1) is 15.0. The van der Waals surface area contributed by atoms with Gasteiger partial charge in [0.1, 0.15) is 5.70 Å². The molecule has 114 valence electrons. The molecule has 0 saturated heterocycles. The van der Waals surface area contributed by atoms with E-state index in [1.54, 1.807) is 35.2 Å². The summed E-state index contributed by atoms with van der Waals surface area (Å²) in [6.45, 7) is 0. The Labute approximate surface area is 136 Å². The first-order valence-corrected chi connectivity index (χ1v) is 8.57. The molecule has 1 aliphatic heterocycles. The number of carboxylic acids is 1. The van der Waals surface area contributed by atoms with Gasteiger partial charge in [-0.25, -0.2) is 10.6 Å². The third kappa shape index (κ3) is 2.47. The average Bonchev–Trinajstić information content (AvgIpc) is 2.89. The first-order valence-electron chi connectivity index (χ1n) is 6.53. The molecule has 1 unspecified atom stereocenters. The molecule has 0 aliphatic carbocycles. The van der Waals surface area contributed by atoms with Crippen molar-refractivity contribution in [3.63, 3.8) is 0 Å². The van der Waals surface area contributed by atoms with Gasteiger partial charge in [-0.1, -0.05) is 12.1 Å². The van der Waals surface area contributed by atoms with Crippen LogP contribution in [-0.2, 0) is 4.79 Å². The van der Waals surface area contributed by atoms with Crippen molar-refractivity contribution >= 4 is 40.8 Å². The standard InChI is InChI=1S/C15H15N3O2S2/c1-21-13-6-10-12(22-13)7-11(15(19)20)18(17)14(10)8-3-2-4-9(16)5-8/h2-7,14H,16-17H2,1H3,(H,19,20). The zero-order chi connectivity index (χ0) is 15.9. The molecule has 0 saturated carbocycles. The lowest BCUT2D eigenvalue weighted by molar-refractivity contribution is -0.134. The number of carboxylic acid groups (broad SMARTS) is 1. The second-order valence-electron chi connectivity index (χ2n) is 4.90. The van der Waals surface area contributed by atoms with Crippen molar-refractivity contribution in [2.24, 2.45) is 5.84 Å². The van der Waals surface area contributed by atoms with Gasteiger partial charge in [0.05, 0.1) is 10.3 Å². The van der Waals surface area contributed by atoms with Crippen molar-refractivity contribution in [2.45, 2.75) is 10.3 Å². The number of aliphatic carboxylic acids is 1. The van der Waals surface area contributed by atoms with Gasteiger partial charge in [-0.15, -0.1) is 23.1 Å². The number of fused-ring (bicyclic) bond motifs is 1. The van der Waals surface area contributed by atoms with Crippen molar-refractivity contribution in [1.82, 2.24) is 5.01 Å². The van der Waals surface area contributed by atoms with E-state index in [9.17, 15) is 9.90 Å². The zero-order valence-electron chi connectivity index (χ0n) is 11.8. The smallest absolute Gasteiger partial charge is 0.353 e. The molecule has 1 atom stereocenters. The Balaban J connectivity index is 2.18. The van der Waals surface area contributed by atoms with Crippen LogP contribution >= 0.6 is 23.1 Å². The normalized spacial score (nSPS) is 17.1. The van der Waals surface area contributed by atoms with Gasteiger partial charge in [0.2, 0.25) is 0 Å². The van der Waals surface area contributed by atoms with Crippen molar-refractivity contribution < 1.29 is 9.90 Å². The maximum atomic E-state index is 11.5. The van der Waals surface area contributed by atoms with E-state index in [-0.39, 0.29) is 11.7 Å². The topological polar surface area (TPSA) is 92.6 Å². The van der Waals surface area contributed by atoms with Crippen molar-refractivity contribution in [3.8, 4) is 0 Å². The number of hydrogen-bond acceptors (Lipinski definition) is 6. The van der Waals surface area contributed by atoms with Crippen LogP contribution in [0.4, 0.5) is 5.69 Å². The summed E-state index contributed by atoms with van der Waals surface area (Å²) in [5, 5.41) is 10.7. The number of nitrogens with two attached hydrogens (primary N) is 2. The lowest BCUT2D eigenvalue weighted by Gasteiger charge is -2.33. The Bertz CT molecular complexity index is 770. The molecular formula is C15H15N3O2S2.